The van der Waals surface area contributed by atoms with Crippen LogP contribution in [-0.4, -0.2) is 23.5 Å². The Kier molecular flexibility index (Phi) is 3.94. The van der Waals surface area contributed by atoms with Crippen LogP contribution in [0.15, 0.2) is 16.7 Å². The highest BCUT2D eigenvalue weighted by molar-refractivity contribution is 5.17. The van der Waals surface area contributed by atoms with E-state index in [4.69, 9.17) is 4.42 Å². The van der Waals surface area contributed by atoms with E-state index in [1.54, 1.807) is 0 Å². The zero-order valence-corrected chi connectivity index (χ0v) is 12.2. The van der Waals surface area contributed by atoms with Gasteiger partial charge in [-0.2, -0.15) is 0 Å². The molecule has 2 saturated carbocycles. The minimum atomic E-state index is 0.522. The molecule has 3 heteroatoms. The van der Waals surface area contributed by atoms with Crippen LogP contribution in [-0.2, 0) is 13.1 Å². The summed E-state index contributed by atoms with van der Waals surface area (Å²) in [6.07, 6.45) is 7.47. The standard InChI is InChI=1S/C16H26N2O/c1-12(2)17-9-14-7-8-19-16(14)11-18(15-5-6-15)10-13-3-4-13/h7-8,12-13,15,17H,3-6,9-11H2,1-2H3. The van der Waals surface area contributed by atoms with Crippen molar-refractivity contribution in [1.29, 1.82) is 0 Å². The van der Waals surface area contributed by atoms with Gasteiger partial charge in [0.25, 0.3) is 0 Å². The molecule has 2 aliphatic rings. The smallest absolute Gasteiger partial charge is 0.122 e. The lowest BCUT2D eigenvalue weighted by molar-refractivity contribution is 0.223. The SMILES string of the molecule is CC(C)NCc1ccoc1CN(CC1CC1)C1CC1. The lowest BCUT2D eigenvalue weighted by Crippen LogP contribution is -2.28. The Hall–Kier alpha value is -0.800. The van der Waals surface area contributed by atoms with Crippen LogP contribution in [0.5, 0.6) is 0 Å². The summed E-state index contributed by atoms with van der Waals surface area (Å²) in [6.45, 7) is 7.57. The minimum absolute atomic E-state index is 0.522. The van der Waals surface area contributed by atoms with E-state index >= 15 is 0 Å². The molecule has 0 saturated heterocycles. The second-order valence-corrected chi connectivity index (χ2v) is 6.51. The van der Waals surface area contributed by atoms with E-state index in [1.807, 2.05) is 6.26 Å². The highest BCUT2D eigenvalue weighted by Gasteiger charge is 2.34. The van der Waals surface area contributed by atoms with Crippen LogP contribution in [0.1, 0.15) is 50.9 Å². The average Bonchev–Trinajstić information content (AvgIpc) is 3.26. The predicted octanol–water partition coefficient (Wildman–Crippen LogP) is 3.15. The molecule has 0 radical (unpaired) electrons. The summed E-state index contributed by atoms with van der Waals surface area (Å²) in [7, 11) is 0. The fourth-order valence-electron chi connectivity index (χ4n) is 2.58. The molecule has 1 aromatic rings. The van der Waals surface area contributed by atoms with Gasteiger partial charge in [0.05, 0.1) is 12.8 Å². The summed E-state index contributed by atoms with van der Waals surface area (Å²) in [5, 5.41) is 3.48. The van der Waals surface area contributed by atoms with Gasteiger partial charge in [0.15, 0.2) is 0 Å². The van der Waals surface area contributed by atoms with Crippen molar-refractivity contribution in [3.8, 4) is 0 Å². The summed E-state index contributed by atoms with van der Waals surface area (Å²) in [4.78, 5) is 2.65. The maximum absolute atomic E-state index is 5.73. The first-order chi connectivity index (χ1) is 9.22. The lowest BCUT2D eigenvalue weighted by Gasteiger charge is -2.21. The monoisotopic (exact) mass is 262 g/mol. The van der Waals surface area contributed by atoms with E-state index in [2.05, 4.69) is 30.1 Å². The highest BCUT2D eigenvalue weighted by Crippen LogP contribution is 2.35. The fourth-order valence-corrected chi connectivity index (χ4v) is 2.58. The van der Waals surface area contributed by atoms with Gasteiger partial charge in [0.1, 0.15) is 5.76 Å². The van der Waals surface area contributed by atoms with Crippen LogP contribution in [0.2, 0.25) is 0 Å². The summed E-state index contributed by atoms with van der Waals surface area (Å²) in [6, 6.07) is 3.47. The predicted molar refractivity (Wildman–Crippen MR) is 76.8 cm³/mol. The Morgan fingerprint density at radius 1 is 1.32 bits per heavy atom. The third kappa shape index (κ3) is 3.83. The van der Waals surface area contributed by atoms with Crippen molar-refractivity contribution < 1.29 is 4.42 Å². The van der Waals surface area contributed by atoms with Crippen molar-refractivity contribution in [3.05, 3.63) is 23.7 Å². The molecule has 0 atom stereocenters. The minimum Gasteiger partial charge on any atom is -0.468 e. The molecule has 2 fully saturated rings. The van der Waals surface area contributed by atoms with E-state index in [9.17, 15) is 0 Å². The zero-order chi connectivity index (χ0) is 13.2. The van der Waals surface area contributed by atoms with Gasteiger partial charge in [-0.15, -0.1) is 0 Å². The topological polar surface area (TPSA) is 28.4 Å². The maximum Gasteiger partial charge on any atom is 0.122 e. The van der Waals surface area contributed by atoms with Crippen molar-refractivity contribution >= 4 is 0 Å². The van der Waals surface area contributed by atoms with Gasteiger partial charge in [-0.25, -0.2) is 0 Å². The normalized spacial score (nSPS) is 19.6. The quantitative estimate of drug-likeness (QED) is 0.780. The number of hydrogen-bond donors (Lipinski definition) is 1. The number of nitrogens with zero attached hydrogens (tertiary/aromatic N) is 1. The second kappa shape index (κ2) is 5.68. The molecule has 0 bridgehead atoms. The molecule has 0 aromatic carbocycles. The Morgan fingerprint density at radius 2 is 2.11 bits per heavy atom. The third-order valence-corrected chi connectivity index (χ3v) is 4.14. The van der Waals surface area contributed by atoms with Crippen molar-refractivity contribution in [3.63, 3.8) is 0 Å². The third-order valence-electron chi connectivity index (χ3n) is 4.14. The Labute approximate surface area is 116 Å². The average molecular weight is 262 g/mol. The van der Waals surface area contributed by atoms with Crippen LogP contribution in [0.3, 0.4) is 0 Å². The summed E-state index contributed by atoms with van der Waals surface area (Å²) in [5.74, 6) is 2.13. The first kappa shape index (κ1) is 13.2. The molecule has 0 aliphatic heterocycles. The highest BCUT2D eigenvalue weighted by atomic mass is 16.3. The van der Waals surface area contributed by atoms with Crippen molar-refractivity contribution in [2.75, 3.05) is 6.54 Å². The maximum atomic E-state index is 5.73. The molecule has 0 amide bonds. The van der Waals surface area contributed by atoms with Crippen LogP contribution >= 0.6 is 0 Å². The number of furan rings is 1. The molecular formula is C16H26N2O. The Balaban J connectivity index is 1.59. The van der Waals surface area contributed by atoms with E-state index < -0.39 is 0 Å². The van der Waals surface area contributed by atoms with Gasteiger partial charge in [0.2, 0.25) is 0 Å². The second-order valence-electron chi connectivity index (χ2n) is 6.51. The van der Waals surface area contributed by atoms with E-state index in [1.165, 1.54) is 43.6 Å². The lowest BCUT2D eigenvalue weighted by atomic mass is 10.2. The van der Waals surface area contributed by atoms with E-state index in [0.29, 0.717) is 6.04 Å². The first-order valence-electron chi connectivity index (χ1n) is 7.75. The van der Waals surface area contributed by atoms with Crippen molar-refractivity contribution in [2.45, 2.75) is 64.7 Å². The van der Waals surface area contributed by atoms with Gasteiger partial charge in [0, 0.05) is 30.7 Å². The molecule has 19 heavy (non-hydrogen) atoms. The molecule has 2 aliphatic carbocycles. The molecular weight excluding hydrogens is 236 g/mol. The van der Waals surface area contributed by atoms with Crippen LogP contribution in [0.4, 0.5) is 0 Å². The molecule has 0 unspecified atom stereocenters. The Morgan fingerprint density at radius 3 is 2.74 bits per heavy atom. The molecule has 3 rings (SSSR count). The van der Waals surface area contributed by atoms with Crippen molar-refractivity contribution in [2.24, 2.45) is 5.92 Å². The van der Waals surface area contributed by atoms with Gasteiger partial charge in [-0.05, 0) is 37.7 Å². The Bertz CT molecular complexity index is 405. The largest absolute Gasteiger partial charge is 0.468 e. The van der Waals surface area contributed by atoms with Gasteiger partial charge < -0.3 is 9.73 Å². The van der Waals surface area contributed by atoms with E-state index in [-0.39, 0.29) is 0 Å². The molecule has 106 valence electrons. The van der Waals surface area contributed by atoms with E-state index in [0.717, 1.165) is 25.0 Å². The van der Waals surface area contributed by atoms with Crippen LogP contribution < -0.4 is 5.32 Å². The number of rotatable bonds is 8. The van der Waals surface area contributed by atoms with Crippen molar-refractivity contribution in [1.82, 2.24) is 10.2 Å². The first-order valence-corrected chi connectivity index (χ1v) is 7.75. The molecule has 3 nitrogen and oxygen atoms in total. The molecule has 1 aromatic heterocycles. The molecule has 1 N–H and O–H groups in total. The van der Waals surface area contributed by atoms with Crippen LogP contribution in [0.25, 0.3) is 0 Å². The fraction of sp³-hybridized carbons (Fsp3) is 0.750. The van der Waals surface area contributed by atoms with Gasteiger partial charge in [-0.1, -0.05) is 13.8 Å². The summed E-state index contributed by atoms with van der Waals surface area (Å²) >= 11 is 0. The number of hydrogen-bond acceptors (Lipinski definition) is 3. The summed E-state index contributed by atoms with van der Waals surface area (Å²) in [5.41, 5.74) is 1.33. The molecule has 1 heterocycles. The van der Waals surface area contributed by atoms with Gasteiger partial charge >= 0.3 is 0 Å². The number of nitrogens with one attached hydrogen (secondary N) is 1. The van der Waals surface area contributed by atoms with Crippen LogP contribution in [0, 0.1) is 5.92 Å². The summed E-state index contributed by atoms with van der Waals surface area (Å²) < 4.78 is 5.73. The molecule has 0 spiro atoms. The zero-order valence-electron chi connectivity index (χ0n) is 12.2. The van der Waals surface area contributed by atoms with Gasteiger partial charge in [-0.3, -0.25) is 4.90 Å².